The molecule has 1 aromatic carbocycles. The average molecular weight is 387 g/mol. The molecule has 1 aliphatic rings. The van der Waals surface area contributed by atoms with E-state index < -0.39 is 11.9 Å². The Morgan fingerprint density at radius 2 is 1.96 bits per heavy atom. The molecule has 0 spiro atoms. The summed E-state index contributed by atoms with van der Waals surface area (Å²) in [5.41, 5.74) is 0.740. The molecule has 0 saturated carbocycles. The Bertz CT molecular complexity index is 905. The molecule has 3 rings (SSSR count). The van der Waals surface area contributed by atoms with Crippen LogP contribution in [0.15, 0.2) is 40.3 Å². The Balaban J connectivity index is 1.98. The van der Waals surface area contributed by atoms with E-state index in [-0.39, 0.29) is 23.8 Å². The fraction of sp³-hybridized carbons (Fsp3) is 0.211. The quantitative estimate of drug-likeness (QED) is 0.429. The van der Waals surface area contributed by atoms with Gasteiger partial charge in [0.05, 0.1) is 19.1 Å². The van der Waals surface area contributed by atoms with Crippen LogP contribution in [-0.4, -0.2) is 32.1 Å². The van der Waals surface area contributed by atoms with E-state index in [1.807, 2.05) is 17.5 Å². The molecule has 7 nitrogen and oxygen atoms in total. The van der Waals surface area contributed by atoms with E-state index in [1.165, 1.54) is 25.6 Å². The molecule has 0 atom stereocenters. The normalized spacial score (nSPS) is 14.7. The molecule has 0 aliphatic carbocycles. The second-order valence-electron chi connectivity index (χ2n) is 5.40. The summed E-state index contributed by atoms with van der Waals surface area (Å²) in [6.07, 6.45) is 1.77. The first-order valence-electron chi connectivity index (χ1n) is 8.08. The zero-order valence-electron chi connectivity index (χ0n) is 15.0. The van der Waals surface area contributed by atoms with Crippen LogP contribution in [0.25, 0.3) is 6.08 Å². The van der Waals surface area contributed by atoms with Crippen LogP contribution in [0.4, 0.5) is 0 Å². The number of carbonyl (C=O) groups is 2. The highest BCUT2D eigenvalue weighted by atomic mass is 32.1. The van der Waals surface area contributed by atoms with Crippen molar-refractivity contribution in [2.24, 2.45) is 4.99 Å². The SMILES string of the molecule is CCC(=O)Oc1c(OC)cc(/C=C2\N=C(c3cccs3)OC2=O)cc1OC. The van der Waals surface area contributed by atoms with E-state index in [1.54, 1.807) is 25.1 Å². The van der Waals surface area contributed by atoms with Crippen molar-refractivity contribution in [3.05, 3.63) is 45.8 Å². The summed E-state index contributed by atoms with van der Waals surface area (Å²) < 4.78 is 21.1. The van der Waals surface area contributed by atoms with E-state index in [2.05, 4.69) is 4.99 Å². The smallest absolute Gasteiger partial charge is 0.363 e. The van der Waals surface area contributed by atoms with Gasteiger partial charge in [-0.3, -0.25) is 4.79 Å². The third kappa shape index (κ3) is 4.01. The number of thiophene rings is 1. The lowest BCUT2D eigenvalue weighted by Gasteiger charge is -2.13. The summed E-state index contributed by atoms with van der Waals surface area (Å²) in [6, 6.07) is 6.92. The lowest BCUT2D eigenvalue weighted by molar-refractivity contribution is -0.134. The van der Waals surface area contributed by atoms with Gasteiger partial charge in [-0.15, -0.1) is 11.3 Å². The van der Waals surface area contributed by atoms with Crippen LogP contribution in [0.5, 0.6) is 17.2 Å². The molecule has 0 fully saturated rings. The van der Waals surface area contributed by atoms with Crippen molar-refractivity contribution in [2.45, 2.75) is 13.3 Å². The van der Waals surface area contributed by atoms with E-state index in [4.69, 9.17) is 18.9 Å². The predicted octanol–water partition coefficient (Wildman–Crippen LogP) is 3.43. The molecule has 1 aliphatic heterocycles. The zero-order valence-corrected chi connectivity index (χ0v) is 15.8. The fourth-order valence-electron chi connectivity index (χ4n) is 2.34. The molecule has 2 heterocycles. The van der Waals surface area contributed by atoms with Crippen molar-refractivity contribution in [2.75, 3.05) is 14.2 Å². The number of nitrogens with zero attached hydrogens (tertiary/aromatic N) is 1. The van der Waals surface area contributed by atoms with E-state index >= 15 is 0 Å². The molecule has 8 heteroatoms. The largest absolute Gasteiger partial charge is 0.493 e. The van der Waals surface area contributed by atoms with Gasteiger partial charge in [-0.05, 0) is 35.2 Å². The Morgan fingerprint density at radius 1 is 1.26 bits per heavy atom. The van der Waals surface area contributed by atoms with E-state index in [0.29, 0.717) is 17.1 Å². The minimum absolute atomic E-state index is 0.154. The highest BCUT2D eigenvalue weighted by molar-refractivity contribution is 7.12. The predicted molar refractivity (Wildman–Crippen MR) is 100 cm³/mol. The third-order valence-corrected chi connectivity index (χ3v) is 4.50. The number of ether oxygens (including phenoxy) is 4. The Hall–Kier alpha value is -3.13. The highest BCUT2D eigenvalue weighted by Gasteiger charge is 2.25. The number of hydrogen-bond acceptors (Lipinski definition) is 8. The van der Waals surface area contributed by atoms with Crippen LogP contribution in [-0.2, 0) is 14.3 Å². The molecule has 0 saturated heterocycles. The first-order chi connectivity index (χ1) is 13.0. The molecule has 0 amide bonds. The van der Waals surface area contributed by atoms with Gasteiger partial charge in [-0.25, -0.2) is 9.79 Å². The molecule has 0 N–H and O–H groups in total. The number of carbonyl (C=O) groups excluding carboxylic acids is 2. The number of esters is 2. The number of aliphatic imine (C=N–C) groups is 1. The van der Waals surface area contributed by atoms with E-state index in [9.17, 15) is 9.59 Å². The van der Waals surface area contributed by atoms with Crippen LogP contribution in [0.1, 0.15) is 23.8 Å². The average Bonchev–Trinajstić information content (AvgIpc) is 3.32. The minimum atomic E-state index is -0.544. The van der Waals surface area contributed by atoms with Crippen LogP contribution >= 0.6 is 11.3 Å². The summed E-state index contributed by atoms with van der Waals surface area (Å²) >= 11 is 1.43. The van der Waals surface area contributed by atoms with Crippen LogP contribution in [0, 0.1) is 0 Å². The van der Waals surface area contributed by atoms with Crippen molar-refractivity contribution in [1.82, 2.24) is 0 Å². The van der Waals surface area contributed by atoms with Crippen LogP contribution in [0.2, 0.25) is 0 Å². The van der Waals surface area contributed by atoms with Gasteiger partial charge in [-0.2, -0.15) is 0 Å². The molecule has 1 aromatic heterocycles. The van der Waals surface area contributed by atoms with Gasteiger partial charge >= 0.3 is 11.9 Å². The highest BCUT2D eigenvalue weighted by Crippen LogP contribution is 2.39. The second kappa shape index (κ2) is 8.05. The van der Waals surface area contributed by atoms with Gasteiger partial charge in [0.25, 0.3) is 0 Å². The summed E-state index contributed by atoms with van der Waals surface area (Å²) in [7, 11) is 2.90. The maximum Gasteiger partial charge on any atom is 0.363 e. The monoisotopic (exact) mass is 387 g/mol. The van der Waals surface area contributed by atoms with Crippen molar-refractivity contribution >= 4 is 35.2 Å². The summed E-state index contributed by atoms with van der Waals surface area (Å²) in [6.45, 7) is 1.69. The van der Waals surface area contributed by atoms with Gasteiger partial charge in [0.2, 0.25) is 11.6 Å². The summed E-state index contributed by atoms with van der Waals surface area (Å²) in [5.74, 6) is 0.105. The summed E-state index contributed by atoms with van der Waals surface area (Å²) in [4.78, 5) is 28.8. The van der Waals surface area contributed by atoms with Crippen LogP contribution < -0.4 is 14.2 Å². The maximum absolute atomic E-state index is 12.1. The summed E-state index contributed by atoms with van der Waals surface area (Å²) in [5, 5.41) is 1.87. The number of benzene rings is 1. The third-order valence-electron chi connectivity index (χ3n) is 3.64. The number of cyclic esters (lactones) is 1. The van der Waals surface area contributed by atoms with Crippen molar-refractivity contribution in [3.8, 4) is 17.2 Å². The molecule has 0 unspecified atom stereocenters. The molecule has 140 valence electrons. The number of methoxy groups -OCH3 is 2. The molecule has 27 heavy (non-hydrogen) atoms. The maximum atomic E-state index is 12.1. The lowest BCUT2D eigenvalue weighted by Crippen LogP contribution is -2.08. The zero-order chi connectivity index (χ0) is 19.4. The number of hydrogen-bond donors (Lipinski definition) is 0. The molecule has 2 aromatic rings. The molecular formula is C19H17NO6S. The van der Waals surface area contributed by atoms with Crippen molar-refractivity contribution in [1.29, 1.82) is 0 Å². The molecule has 0 bridgehead atoms. The van der Waals surface area contributed by atoms with Gasteiger partial charge < -0.3 is 18.9 Å². The lowest BCUT2D eigenvalue weighted by atomic mass is 10.1. The molecular weight excluding hydrogens is 370 g/mol. The topological polar surface area (TPSA) is 83.4 Å². The molecule has 0 radical (unpaired) electrons. The van der Waals surface area contributed by atoms with Gasteiger partial charge in [-0.1, -0.05) is 13.0 Å². The first-order valence-corrected chi connectivity index (χ1v) is 8.96. The minimum Gasteiger partial charge on any atom is -0.493 e. The number of rotatable bonds is 6. The first kappa shape index (κ1) is 18.7. The Labute approximate surface area is 159 Å². The van der Waals surface area contributed by atoms with Crippen molar-refractivity contribution in [3.63, 3.8) is 0 Å². The fourth-order valence-corrected chi connectivity index (χ4v) is 2.99. The van der Waals surface area contributed by atoms with Gasteiger partial charge in [0.15, 0.2) is 17.2 Å². The van der Waals surface area contributed by atoms with Crippen molar-refractivity contribution < 1.29 is 28.5 Å². The van der Waals surface area contributed by atoms with Crippen LogP contribution in [0.3, 0.4) is 0 Å². The van der Waals surface area contributed by atoms with E-state index in [0.717, 1.165) is 4.88 Å². The van der Waals surface area contributed by atoms with Gasteiger partial charge in [0, 0.05) is 6.42 Å². The Morgan fingerprint density at radius 3 is 2.52 bits per heavy atom. The Kier molecular flexibility index (Phi) is 5.56. The van der Waals surface area contributed by atoms with Gasteiger partial charge in [0.1, 0.15) is 0 Å². The second-order valence-corrected chi connectivity index (χ2v) is 6.34. The standard InChI is InChI=1S/C19H17NO6S/c1-4-16(21)25-17-13(23-2)9-11(10-14(17)24-3)8-12-19(22)26-18(20-12)15-6-5-7-27-15/h5-10H,4H2,1-3H3/b12-8-.